The summed E-state index contributed by atoms with van der Waals surface area (Å²) < 4.78 is 5.78. The molecule has 0 bridgehead atoms. The zero-order chi connectivity index (χ0) is 15.1. The van der Waals surface area contributed by atoms with E-state index in [1.807, 2.05) is 37.4 Å². The van der Waals surface area contributed by atoms with Gasteiger partial charge in [-0.05, 0) is 50.6 Å². The number of hydrogen-bond donors (Lipinski definition) is 1. The number of rotatable bonds is 7. The standard InChI is InChI=1S/C18H24N2O/c1-4-11-20-18(16-13-14(3)10-12-19-16)15-8-6-7-9-17(15)21-5-2/h6-10,12-13,18,20H,4-5,11H2,1-3H3. The number of nitrogens with zero attached hydrogens (tertiary/aromatic N) is 1. The largest absolute Gasteiger partial charge is 0.494 e. The molecule has 0 amide bonds. The van der Waals surface area contributed by atoms with Crippen molar-refractivity contribution in [3.63, 3.8) is 0 Å². The van der Waals surface area contributed by atoms with E-state index in [4.69, 9.17) is 4.74 Å². The summed E-state index contributed by atoms with van der Waals surface area (Å²) in [6, 6.07) is 12.4. The summed E-state index contributed by atoms with van der Waals surface area (Å²) in [4.78, 5) is 4.55. The molecule has 3 heteroatoms. The van der Waals surface area contributed by atoms with Crippen LogP contribution in [0.4, 0.5) is 0 Å². The summed E-state index contributed by atoms with van der Waals surface area (Å²) in [7, 11) is 0. The second-order valence-electron chi connectivity index (χ2n) is 5.12. The van der Waals surface area contributed by atoms with Crippen molar-refractivity contribution in [1.29, 1.82) is 0 Å². The maximum absolute atomic E-state index is 5.78. The van der Waals surface area contributed by atoms with E-state index in [0.717, 1.165) is 30.0 Å². The number of hydrogen-bond acceptors (Lipinski definition) is 3. The number of nitrogens with one attached hydrogen (secondary N) is 1. The predicted octanol–water partition coefficient (Wildman–Crippen LogP) is 3.88. The Morgan fingerprint density at radius 2 is 2.00 bits per heavy atom. The third-order valence-corrected chi connectivity index (χ3v) is 3.36. The van der Waals surface area contributed by atoms with Crippen LogP contribution in [0.2, 0.25) is 0 Å². The third-order valence-electron chi connectivity index (χ3n) is 3.36. The molecule has 112 valence electrons. The van der Waals surface area contributed by atoms with E-state index >= 15 is 0 Å². The lowest BCUT2D eigenvalue weighted by Crippen LogP contribution is -2.24. The van der Waals surface area contributed by atoms with Crippen molar-refractivity contribution in [1.82, 2.24) is 10.3 Å². The summed E-state index contributed by atoms with van der Waals surface area (Å²) in [5, 5.41) is 3.59. The Hall–Kier alpha value is -1.87. The van der Waals surface area contributed by atoms with Gasteiger partial charge in [0, 0.05) is 11.8 Å². The molecule has 0 saturated heterocycles. The number of aryl methyl sites for hydroxylation is 1. The van der Waals surface area contributed by atoms with Gasteiger partial charge in [-0.1, -0.05) is 25.1 Å². The molecule has 1 unspecified atom stereocenters. The van der Waals surface area contributed by atoms with Crippen LogP contribution in [-0.4, -0.2) is 18.1 Å². The SMILES string of the molecule is CCCNC(c1cc(C)ccn1)c1ccccc1OCC. The smallest absolute Gasteiger partial charge is 0.124 e. The van der Waals surface area contributed by atoms with Crippen molar-refractivity contribution >= 4 is 0 Å². The molecule has 0 spiro atoms. The van der Waals surface area contributed by atoms with E-state index < -0.39 is 0 Å². The summed E-state index contributed by atoms with van der Waals surface area (Å²) in [6.45, 7) is 7.88. The Morgan fingerprint density at radius 1 is 1.19 bits per heavy atom. The molecule has 1 atom stereocenters. The van der Waals surface area contributed by atoms with Gasteiger partial charge in [0.2, 0.25) is 0 Å². The number of benzene rings is 1. The molecular weight excluding hydrogens is 260 g/mol. The Morgan fingerprint density at radius 3 is 2.71 bits per heavy atom. The van der Waals surface area contributed by atoms with Crippen LogP contribution >= 0.6 is 0 Å². The van der Waals surface area contributed by atoms with E-state index in [0.29, 0.717) is 6.61 Å². The van der Waals surface area contributed by atoms with Crippen LogP contribution in [0.1, 0.15) is 43.1 Å². The zero-order valence-corrected chi connectivity index (χ0v) is 13.1. The highest BCUT2D eigenvalue weighted by Crippen LogP contribution is 2.29. The highest BCUT2D eigenvalue weighted by molar-refractivity contribution is 5.40. The van der Waals surface area contributed by atoms with Crippen LogP contribution in [-0.2, 0) is 0 Å². The second-order valence-corrected chi connectivity index (χ2v) is 5.12. The number of para-hydroxylation sites is 1. The van der Waals surface area contributed by atoms with Crippen LogP contribution in [0.3, 0.4) is 0 Å². The summed E-state index contributed by atoms with van der Waals surface area (Å²) in [5.41, 5.74) is 3.40. The van der Waals surface area contributed by atoms with Gasteiger partial charge in [0.05, 0.1) is 18.3 Å². The minimum absolute atomic E-state index is 0.0626. The van der Waals surface area contributed by atoms with E-state index in [9.17, 15) is 0 Å². The van der Waals surface area contributed by atoms with E-state index in [-0.39, 0.29) is 6.04 Å². The monoisotopic (exact) mass is 284 g/mol. The molecule has 0 aliphatic heterocycles. The first-order valence-corrected chi connectivity index (χ1v) is 7.64. The first-order chi connectivity index (χ1) is 10.3. The lowest BCUT2D eigenvalue weighted by Gasteiger charge is -2.21. The Bertz CT molecular complexity index is 569. The molecule has 1 aromatic carbocycles. The first-order valence-electron chi connectivity index (χ1n) is 7.64. The van der Waals surface area contributed by atoms with Gasteiger partial charge in [0.15, 0.2) is 0 Å². The molecule has 21 heavy (non-hydrogen) atoms. The fourth-order valence-corrected chi connectivity index (χ4v) is 2.39. The third kappa shape index (κ3) is 4.05. The molecule has 3 nitrogen and oxygen atoms in total. The van der Waals surface area contributed by atoms with Gasteiger partial charge >= 0.3 is 0 Å². The fourth-order valence-electron chi connectivity index (χ4n) is 2.39. The molecule has 0 fully saturated rings. The number of ether oxygens (including phenoxy) is 1. The van der Waals surface area contributed by atoms with Crippen LogP contribution in [0.5, 0.6) is 5.75 Å². The van der Waals surface area contributed by atoms with Gasteiger partial charge in [-0.3, -0.25) is 4.98 Å². The fraction of sp³-hybridized carbons (Fsp3) is 0.389. The second kappa shape index (κ2) is 7.79. The normalized spacial score (nSPS) is 12.1. The molecule has 0 radical (unpaired) electrons. The predicted molar refractivity (Wildman–Crippen MR) is 86.7 cm³/mol. The zero-order valence-electron chi connectivity index (χ0n) is 13.1. The molecule has 0 aliphatic rings. The van der Waals surface area contributed by atoms with Gasteiger partial charge in [0.1, 0.15) is 5.75 Å². The van der Waals surface area contributed by atoms with Gasteiger partial charge < -0.3 is 10.1 Å². The summed E-state index contributed by atoms with van der Waals surface area (Å²) >= 11 is 0. The van der Waals surface area contributed by atoms with Crippen LogP contribution in [0.15, 0.2) is 42.6 Å². The first kappa shape index (κ1) is 15.5. The minimum Gasteiger partial charge on any atom is -0.494 e. The van der Waals surface area contributed by atoms with E-state index in [1.54, 1.807) is 0 Å². The van der Waals surface area contributed by atoms with Crippen LogP contribution in [0.25, 0.3) is 0 Å². The number of pyridine rings is 1. The van der Waals surface area contributed by atoms with E-state index in [1.165, 1.54) is 5.56 Å². The molecule has 1 aromatic heterocycles. The average molecular weight is 284 g/mol. The van der Waals surface area contributed by atoms with Crippen molar-refractivity contribution in [3.8, 4) is 5.75 Å². The van der Waals surface area contributed by atoms with Crippen molar-refractivity contribution in [2.24, 2.45) is 0 Å². The summed E-state index contributed by atoms with van der Waals surface area (Å²) in [6.07, 6.45) is 2.95. The van der Waals surface area contributed by atoms with Gasteiger partial charge in [0.25, 0.3) is 0 Å². The molecular formula is C18H24N2O. The highest BCUT2D eigenvalue weighted by atomic mass is 16.5. The van der Waals surface area contributed by atoms with Crippen LogP contribution in [0, 0.1) is 6.92 Å². The Balaban J connectivity index is 2.40. The maximum atomic E-state index is 5.78. The summed E-state index contributed by atoms with van der Waals surface area (Å²) in [5.74, 6) is 0.928. The molecule has 0 saturated carbocycles. The van der Waals surface area contributed by atoms with Gasteiger partial charge in [-0.15, -0.1) is 0 Å². The molecule has 0 aliphatic carbocycles. The topological polar surface area (TPSA) is 34.2 Å². The highest BCUT2D eigenvalue weighted by Gasteiger charge is 2.18. The Kier molecular flexibility index (Phi) is 5.76. The van der Waals surface area contributed by atoms with Crippen molar-refractivity contribution in [2.75, 3.05) is 13.2 Å². The Labute approximate surface area is 127 Å². The van der Waals surface area contributed by atoms with Crippen molar-refractivity contribution in [2.45, 2.75) is 33.2 Å². The molecule has 2 rings (SSSR count). The van der Waals surface area contributed by atoms with Crippen molar-refractivity contribution < 1.29 is 4.74 Å². The molecule has 2 aromatic rings. The van der Waals surface area contributed by atoms with Gasteiger partial charge in [-0.2, -0.15) is 0 Å². The minimum atomic E-state index is 0.0626. The average Bonchev–Trinajstić information content (AvgIpc) is 2.49. The quantitative estimate of drug-likeness (QED) is 0.838. The van der Waals surface area contributed by atoms with Crippen molar-refractivity contribution in [3.05, 3.63) is 59.4 Å². The number of aromatic nitrogens is 1. The molecule has 1 N–H and O–H groups in total. The van der Waals surface area contributed by atoms with E-state index in [2.05, 4.69) is 36.3 Å². The lowest BCUT2D eigenvalue weighted by atomic mass is 10.0. The maximum Gasteiger partial charge on any atom is 0.124 e. The van der Waals surface area contributed by atoms with Crippen LogP contribution < -0.4 is 10.1 Å². The lowest BCUT2D eigenvalue weighted by molar-refractivity contribution is 0.333. The van der Waals surface area contributed by atoms with Gasteiger partial charge in [-0.25, -0.2) is 0 Å². The molecule has 1 heterocycles.